The first-order chi connectivity index (χ1) is 16.1. The molecule has 0 atom stereocenters. The lowest BCUT2D eigenvalue weighted by molar-refractivity contribution is -0.141. The first-order valence-corrected chi connectivity index (χ1v) is 11.3. The number of fused-ring (bicyclic) bond motifs is 1. The second-order valence-corrected chi connectivity index (χ2v) is 9.57. The van der Waals surface area contributed by atoms with E-state index in [0.717, 1.165) is 23.0 Å². The van der Waals surface area contributed by atoms with Crippen molar-refractivity contribution < 1.29 is 34.8 Å². The number of rotatable bonds is 4. The number of pyridine rings is 2. The normalized spacial score (nSPS) is 13.0. The Morgan fingerprint density at radius 2 is 1.69 bits per heavy atom. The van der Waals surface area contributed by atoms with Crippen LogP contribution in [0.3, 0.4) is 0 Å². The lowest BCUT2D eigenvalue weighted by Crippen LogP contribution is -2.23. The molecule has 0 amide bonds. The molecule has 0 saturated carbocycles. The van der Waals surface area contributed by atoms with Gasteiger partial charge in [-0.05, 0) is 24.3 Å². The number of alkyl halides is 6. The van der Waals surface area contributed by atoms with Crippen molar-refractivity contribution in [3.05, 3.63) is 58.4 Å². The van der Waals surface area contributed by atoms with Crippen LogP contribution in [0.15, 0.2) is 46.3 Å². The molecule has 4 rings (SSSR count). The van der Waals surface area contributed by atoms with E-state index < -0.39 is 55.6 Å². The summed E-state index contributed by atoms with van der Waals surface area (Å²) in [6.07, 6.45) is -7.97. The molecule has 4 heterocycles. The van der Waals surface area contributed by atoms with Gasteiger partial charge in [0.25, 0.3) is 0 Å². The second-order valence-electron chi connectivity index (χ2n) is 7.32. The minimum absolute atomic E-state index is 0.0533. The van der Waals surface area contributed by atoms with Crippen LogP contribution in [0.2, 0.25) is 0 Å². The zero-order valence-corrected chi connectivity index (χ0v) is 18.6. The number of hydrogen-bond donors (Lipinski definition) is 0. The highest BCUT2D eigenvalue weighted by molar-refractivity contribution is 7.91. The van der Waals surface area contributed by atoms with Crippen LogP contribution in [0.1, 0.15) is 18.2 Å². The van der Waals surface area contributed by atoms with Gasteiger partial charge in [-0.15, -0.1) is 5.10 Å². The Morgan fingerprint density at radius 3 is 2.26 bits per heavy atom. The van der Waals surface area contributed by atoms with E-state index in [-0.39, 0.29) is 16.9 Å². The molecule has 0 fully saturated rings. The molecule has 4 aromatic rings. The molecule has 0 N–H and O–H groups in total. The Labute approximate surface area is 192 Å². The fraction of sp³-hybridized carbons (Fsp3) is 0.263. The van der Waals surface area contributed by atoms with E-state index in [2.05, 4.69) is 15.2 Å². The molecule has 0 spiro atoms. The first kappa shape index (κ1) is 24.4. The molecule has 0 aliphatic heterocycles. The van der Waals surface area contributed by atoms with Gasteiger partial charge in [0.05, 0.1) is 17.0 Å². The Balaban J connectivity index is 1.95. The van der Waals surface area contributed by atoms with E-state index in [1.54, 1.807) is 0 Å². The number of halogens is 6. The standard InChI is InChI=1S/C19H14F6N6O3S/c1-3-35(33,34)13-6-10(12-7-14(19(23,24)25)27-29(12)2)8-26-16(13)31-17(32)30-9-11(18(20,21)22)4-5-15(30)28-31/h4-9H,3H2,1-2H3. The molecule has 16 heteroatoms. The molecule has 186 valence electrons. The summed E-state index contributed by atoms with van der Waals surface area (Å²) in [4.78, 5) is 16.2. The van der Waals surface area contributed by atoms with Crippen molar-refractivity contribution in [2.75, 3.05) is 5.75 Å². The van der Waals surface area contributed by atoms with E-state index in [1.807, 2.05) is 0 Å². The summed E-state index contributed by atoms with van der Waals surface area (Å²) in [5.41, 5.74) is -3.85. The van der Waals surface area contributed by atoms with Crippen LogP contribution in [0.25, 0.3) is 22.7 Å². The quantitative estimate of drug-likeness (QED) is 0.383. The molecule has 35 heavy (non-hydrogen) atoms. The fourth-order valence-electron chi connectivity index (χ4n) is 3.28. The van der Waals surface area contributed by atoms with Gasteiger partial charge < -0.3 is 0 Å². The lowest BCUT2D eigenvalue weighted by Gasteiger charge is -2.10. The van der Waals surface area contributed by atoms with Gasteiger partial charge in [0.2, 0.25) is 0 Å². The van der Waals surface area contributed by atoms with Gasteiger partial charge in [0, 0.05) is 25.0 Å². The highest BCUT2D eigenvalue weighted by Gasteiger charge is 2.35. The van der Waals surface area contributed by atoms with Gasteiger partial charge >= 0.3 is 18.0 Å². The van der Waals surface area contributed by atoms with Crippen LogP contribution in [0, 0.1) is 0 Å². The third-order valence-corrected chi connectivity index (χ3v) is 6.79. The van der Waals surface area contributed by atoms with E-state index >= 15 is 0 Å². The van der Waals surface area contributed by atoms with E-state index in [0.29, 0.717) is 27.4 Å². The van der Waals surface area contributed by atoms with Crippen molar-refractivity contribution in [3.63, 3.8) is 0 Å². The highest BCUT2D eigenvalue weighted by Crippen LogP contribution is 2.33. The van der Waals surface area contributed by atoms with Gasteiger partial charge in [-0.1, -0.05) is 6.92 Å². The van der Waals surface area contributed by atoms with Crippen molar-refractivity contribution >= 4 is 15.5 Å². The fourth-order valence-corrected chi connectivity index (χ4v) is 4.31. The minimum atomic E-state index is -4.75. The Hall–Kier alpha value is -3.69. The molecule has 0 bridgehead atoms. The minimum Gasteiger partial charge on any atom is -0.267 e. The van der Waals surface area contributed by atoms with Crippen molar-refractivity contribution in [1.29, 1.82) is 0 Å². The summed E-state index contributed by atoms with van der Waals surface area (Å²) in [5, 5.41) is 7.25. The Kier molecular flexibility index (Phi) is 5.53. The van der Waals surface area contributed by atoms with Crippen LogP contribution in [-0.2, 0) is 29.2 Å². The van der Waals surface area contributed by atoms with Gasteiger partial charge in [-0.3, -0.25) is 4.68 Å². The van der Waals surface area contributed by atoms with Crippen molar-refractivity contribution in [2.24, 2.45) is 7.05 Å². The summed E-state index contributed by atoms with van der Waals surface area (Å²) in [6.45, 7) is 1.29. The van der Waals surface area contributed by atoms with E-state index in [4.69, 9.17) is 0 Å². The first-order valence-electron chi connectivity index (χ1n) is 9.67. The molecule has 0 aliphatic carbocycles. The maximum Gasteiger partial charge on any atom is 0.435 e. The number of nitrogens with zero attached hydrogens (tertiary/aromatic N) is 6. The predicted molar refractivity (Wildman–Crippen MR) is 109 cm³/mol. The van der Waals surface area contributed by atoms with Gasteiger partial charge in [0.15, 0.2) is 27.0 Å². The van der Waals surface area contributed by atoms with E-state index in [1.165, 1.54) is 14.0 Å². The largest absolute Gasteiger partial charge is 0.435 e. The third kappa shape index (κ3) is 4.28. The van der Waals surface area contributed by atoms with Crippen LogP contribution < -0.4 is 5.69 Å². The molecule has 0 aliphatic rings. The number of aryl methyl sites for hydroxylation is 1. The van der Waals surface area contributed by atoms with Crippen LogP contribution >= 0.6 is 0 Å². The van der Waals surface area contributed by atoms with Gasteiger partial charge in [-0.25, -0.2) is 22.6 Å². The van der Waals surface area contributed by atoms with Gasteiger partial charge in [-0.2, -0.15) is 36.1 Å². The molecular formula is C19H14F6N6O3S. The predicted octanol–water partition coefficient (Wildman–Crippen LogP) is 3.11. The second kappa shape index (κ2) is 7.93. The van der Waals surface area contributed by atoms with E-state index in [9.17, 15) is 39.6 Å². The van der Waals surface area contributed by atoms with Crippen LogP contribution in [0.4, 0.5) is 26.3 Å². The maximum atomic E-state index is 13.0. The summed E-state index contributed by atoms with van der Waals surface area (Å²) < 4.78 is 106. The Bertz CT molecular complexity index is 1610. The Morgan fingerprint density at radius 1 is 1.00 bits per heavy atom. The maximum absolute atomic E-state index is 13.0. The lowest BCUT2D eigenvalue weighted by atomic mass is 10.2. The molecule has 0 saturated heterocycles. The topological polar surface area (TPSA) is 104 Å². The van der Waals surface area contributed by atoms with Crippen molar-refractivity contribution in [3.8, 4) is 17.1 Å². The molecule has 4 aromatic heterocycles. The smallest absolute Gasteiger partial charge is 0.267 e. The van der Waals surface area contributed by atoms with Gasteiger partial charge in [0.1, 0.15) is 4.90 Å². The number of sulfone groups is 1. The monoisotopic (exact) mass is 520 g/mol. The third-order valence-electron chi connectivity index (χ3n) is 5.06. The number of aromatic nitrogens is 6. The van der Waals surface area contributed by atoms with Crippen molar-refractivity contribution in [2.45, 2.75) is 24.2 Å². The van der Waals surface area contributed by atoms with Crippen LogP contribution in [0.5, 0.6) is 0 Å². The zero-order valence-electron chi connectivity index (χ0n) is 17.8. The summed E-state index contributed by atoms with van der Waals surface area (Å²) in [5.74, 6) is -0.985. The summed E-state index contributed by atoms with van der Waals surface area (Å²) in [7, 11) is -2.91. The molecule has 0 radical (unpaired) electrons. The zero-order chi connectivity index (χ0) is 25.9. The molecular weight excluding hydrogens is 506 g/mol. The molecule has 0 aromatic carbocycles. The van der Waals surface area contributed by atoms with Crippen molar-refractivity contribution in [1.82, 2.24) is 28.9 Å². The summed E-state index contributed by atoms with van der Waals surface area (Å²) in [6, 6.07) is 3.34. The molecule has 9 nitrogen and oxygen atoms in total. The number of hydrogen-bond acceptors (Lipinski definition) is 6. The van der Waals surface area contributed by atoms with Crippen LogP contribution in [-0.4, -0.2) is 43.1 Å². The SMILES string of the molecule is CCS(=O)(=O)c1cc(-c2cc(C(F)(F)F)nn2C)cnc1-n1nc2ccc(C(F)(F)F)cn2c1=O. The molecule has 0 unspecified atom stereocenters. The average molecular weight is 520 g/mol. The summed E-state index contributed by atoms with van der Waals surface area (Å²) >= 11 is 0. The highest BCUT2D eigenvalue weighted by atomic mass is 32.2. The average Bonchev–Trinajstić information content (AvgIpc) is 3.32.